The zero-order valence-corrected chi connectivity index (χ0v) is 12.5. The molecule has 118 valence electrons. The topological polar surface area (TPSA) is 89.9 Å². The van der Waals surface area contributed by atoms with E-state index in [2.05, 4.69) is 6.58 Å². The van der Waals surface area contributed by atoms with Crippen molar-refractivity contribution in [2.24, 2.45) is 11.8 Å². The first-order valence-corrected chi connectivity index (χ1v) is 7.08. The summed E-state index contributed by atoms with van der Waals surface area (Å²) in [6.07, 6.45) is 2.06. The predicted octanol–water partition coefficient (Wildman–Crippen LogP) is 1.93. The van der Waals surface area contributed by atoms with Crippen molar-refractivity contribution in [3.05, 3.63) is 12.2 Å². The van der Waals surface area contributed by atoms with Crippen molar-refractivity contribution in [3.8, 4) is 0 Å². The van der Waals surface area contributed by atoms with E-state index in [1.807, 2.05) is 0 Å². The smallest absolute Gasteiger partial charge is 0.333 e. The van der Waals surface area contributed by atoms with Crippen LogP contribution < -0.4 is 0 Å². The third-order valence-corrected chi connectivity index (χ3v) is 3.50. The lowest BCUT2D eigenvalue weighted by Crippen LogP contribution is -2.35. The molecule has 1 saturated carbocycles. The summed E-state index contributed by atoms with van der Waals surface area (Å²) in [5, 5.41) is 9.13. The van der Waals surface area contributed by atoms with Gasteiger partial charge < -0.3 is 14.6 Å². The summed E-state index contributed by atoms with van der Waals surface area (Å²) in [5.41, 5.74) is 0.270. The van der Waals surface area contributed by atoms with E-state index in [9.17, 15) is 14.4 Å². The highest BCUT2D eigenvalue weighted by molar-refractivity contribution is 5.87. The van der Waals surface area contributed by atoms with Crippen molar-refractivity contribution < 1.29 is 29.0 Å². The summed E-state index contributed by atoms with van der Waals surface area (Å²) in [6, 6.07) is 0. The van der Waals surface area contributed by atoms with Gasteiger partial charge >= 0.3 is 17.9 Å². The molecule has 1 aliphatic rings. The van der Waals surface area contributed by atoms with Crippen LogP contribution in [-0.2, 0) is 23.9 Å². The number of aliphatic carboxylic acids is 1. The van der Waals surface area contributed by atoms with Crippen LogP contribution in [-0.4, -0.2) is 35.7 Å². The molecule has 3 atom stereocenters. The van der Waals surface area contributed by atoms with Crippen molar-refractivity contribution in [2.45, 2.75) is 45.6 Å². The second-order valence-corrected chi connectivity index (χ2v) is 5.46. The van der Waals surface area contributed by atoms with E-state index in [1.165, 1.54) is 6.92 Å². The third kappa shape index (κ3) is 5.21. The molecule has 0 amide bonds. The first-order chi connectivity index (χ1) is 9.82. The molecule has 3 unspecified atom stereocenters. The Hall–Kier alpha value is -1.85. The van der Waals surface area contributed by atoms with Crippen LogP contribution in [0.1, 0.15) is 39.5 Å². The van der Waals surface area contributed by atoms with E-state index in [0.717, 1.165) is 12.8 Å². The van der Waals surface area contributed by atoms with Gasteiger partial charge in [-0.25, -0.2) is 4.79 Å². The van der Waals surface area contributed by atoms with Crippen molar-refractivity contribution in [3.63, 3.8) is 0 Å². The zero-order valence-electron chi connectivity index (χ0n) is 12.5. The maximum Gasteiger partial charge on any atom is 0.333 e. The molecule has 1 rings (SSSR count). The number of esters is 2. The molecular formula is C15H22O6. The number of hydrogen-bond donors (Lipinski definition) is 1. The SMILES string of the molecule is C=C(C)C(=O)OC(C)COC(=O)C1CCCCC1C(=O)O. The first kappa shape index (κ1) is 17.2. The molecule has 0 spiro atoms. The van der Waals surface area contributed by atoms with Gasteiger partial charge in [-0.15, -0.1) is 0 Å². The van der Waals surface area contributed by atoms with Gasteiger partial charge in [0.2, 0.25) is 0 Å². The van der Waals surface area contributed by atoms with Gasteiger partial charge in [0.15, 0.2) is 0 Å². The highest BCUT2D eigenvalue weighted by Crippen LogP contribution is 2.31. The summed E-state index contributed by atoms with van der Waals surface area (Å²) in [6.45, 7) is 6.51. The number of hydrogen-bond acceptors (Lipinski definition) is 5. The fourth-order valence-electron chi connectivity index (χ4n) is 2.33. The first-order valence-electron chi connectivity index (χ1n) is 7.08. The minimum Gasteiger partial charge on any atom is -0.481 e. The van der Waals surface area contributed by atoms with Gasteiger partial charge in [-0.1, -0.05) is 19.4 Å². The molecule has 1 N–H and O–H groups in total. The van der Waals surface area contributed by atoms with Gasteiger partial charge in [0.25, 0.3) is 0 Å². The van der Waals surface area contributed by atoms with Crippen LogP contribution in [0.3, 0.4) is 0 Å². The van der Waals surface area contributed by atoms with E-state index in [0.29, 0.717) is 12.8 Å². The minimum atomic E-state index is -0.960. The summed E-state index contributed by atoms with van der Waals surface area (Å²) < 4.78 is 10.1. The maximum absolute atomic E-state index is 12.0. The Labute approximate surface area is 124 Å². The summed E-state index contributed by atoms with van der Waals surface area (Å²) in [5.74, 6) is -3.32. The van der Waals surface area contributed by atoms with Gasteiger partial charge in [-0.2, -0.15) is 0 Å². The summed E-state index contributed by atoms with van der Waals surface area (Å²) >= 11 is 0. The van der Waals surface area contributed by atoms with Crippen LogP contribution in [0.5, 0.6) is 0 Å². The molecule has 6 heteroatoms. The largest absolute Gasteiger partial charge is 0.481 e. The lowest BCUT2D eigenvalue weighted by atomic mass is 9.79. The zero-order chi connectivity index (χ0) is 16.0. The second kappa shape index (κ2) is 7.81. The predicted molar refractivity (Wildman–Crippen MR) is 74.4 cm³/mol. The highest BCUT2D eigenvalue weighted by Gasteiger charge is 2.36. The summed E-state index contributed by atoms with van der Waals surface area (Å²) in [4.78, 5) is 34.4. The Bertz CT molecular complexity index is 428. The van der Waals surface area contributed by atoms with Crippen LogP contribution in [0.2, 0.25) is 0 Å². The molecule has 0 heterocycles. The van der Waals surface area contributed by atoms with Crippen LogP contribution in [0.15, 0.2) is 12.2 Å². The molecule has 21 heavy (non-hydrogen) atoms. The van der Waals surface area contributed by atoms with Crippen LogP contribution >= 0.6 is 0 Å². The number of carbonyl (C=O) groups is 3. The van der Waals surface area contributed by atoms with Crippen molar-refractivity contribution in [1.29, 1.82) is 0 Å². The van der Waals surface area contributed by atoms with E-state index in [-0.39, 0.29) is 12.2 Å². The summed E-state index contributed by atoms with van der Waals surface area (Å²) in [7, 11) is 0. The van der Waals surface area contributed by atoms with Gasteiger partial charge in [-0.05, 0) is 26.7 Å². The van der Waals surface area contributed by atoms with Crippen molar-refractivity contribution in [1.82, 2.24) is 0 Å². The third-order valence-electron chi connectivity index (χ3n) is 3.50. The number of carboxylic acid groups (broad SMARTS) is 1. The molecule has 6 nitrogen and oxygen atoms in total. The molecular weight excluding hydrogens is 276 g/mol. The number of carbonyl (C=O) groups excluding carboxylic acids is 2. The Morgan fingerprint density at radius 1 is 1.24 bits per heavy atom. The molecule has 1 fully saturated rings. The molecule has 0 aromatic heterocycles. The number of ether oxygens (including phenoxy) is 2. The van der Waals surface area contributed by atoms with Gasteiger partial charge in [0.1, 0.15) is 12.7 Å². The monoisotopic (exact) mass is 298 g/mol. The quantitative estimate of drug-likeness (QED) is 0.595. The molecule has 0 aromatic rings. The van der Waals surface area contributed by atoms with Crippen LogP contribution in [0.4, 0.5) is 0 Å². The number of rotatable bonds is 6. The Kier molecular flexibility index (Phi) is 6.39. The number of carboxylic acids is 1. The van der Waals surface area contributed by atoms with Crippen LogP contribution in [0, 0.1) is 11.8 Å². The highest BCUT2D eigenvalue weighted by atomic mass is 16.6. The van der Waals surface area contributed by atoms with E-state index < -0.39 is 35.8 Å². The van der Waals surface area contributed by atoms with Gasteiger partial charge in [-0.3, -0.25) is 9.59 Å². The van der Waals surface area contributed by atoms with Gasteiger partial charge in [0, 0.05) is 5.57 Å². The van der Waals surface area contributed by atoms with Crippen molar-refractivity contribution in [2.75, 3.05) is 6.61 Å². The Morgan fingerprint density at radius 3 is 2.33 bits per heavy atom. The normalized spacial score (nSPS) is 23.0. The lowest BCUT2D eigenvalue weighted by molar-refractivity contribution is -0.164. The Morgan fingerprint density at radius 2 is 1.81 bits per heavy atom. The maximum atomic E-state index is 12.0. The van der Waals surface area contributed by atoms with E-state index in [1.54, 1.807) is 6.92 Å². The van der Waals surface area contributed by atoms with E-state index >= 15 is 0 Å². The minimum absolute atomic E-state index is 0.0826. The lowest BCUT2D eigenvalue weighted by Gasteiger charge is -2.27. The standard InChI is InChI=1S/C15H22O6/c1-9(2)14(18)21-10(3)8-20-15(19)12-7-5-4-6-11(12)13(16)17/h10-12H,1,4-8H2,2-3H3,(H,16,17). The molecule has 1 aliphatic carbocycles. The second-order valence-electron chi connectivity index (χ2n) is 5.46. The average molecular weight is 298 g/mol. The molecule has 0 aliphatic heterocycles. The van der Waals surface area contributed by atoms with Crippen molar-refractivity contribution >= 4 is 17.9 Å². The van der Waals surface area contributed by atoms with E-state index in [4.69, 9.17) is 14.6 Å². The van der Waals surface area contributed by atoms with Crippen LogP contribution in [0.25, 0.3) is 0 Å². The Balaban J connectivity index is 2.46. The average Bonchev–Trinajstić information content (AvgIpc) is 2.44. The molecule has 0 saturated heterocycles. The fraction of sp³-hybridized carbons (Fsp3) is 0.667. The molecule has 0 radical (unpaired) electrons. The molecule has 0 aromatic carbocycles. The van der Waals surface area contributed by atoms with Gasteiger partial charge in [0.05, 0.1) is 11.8 Å². The fourth-order valence-corrected chi connectivity index (χ4v) is 2.33. The molecule has 0 bridgehead atoms.